The van der Waals surface area contributed by atoms with Crippen LogP contribution in [0.1, 0.15) is 33.0 Å². The third-order valence-electron chi connectivity index (χ3n) is 2.75. The molecule has 0 fully saturated rings. The van der Waals surface area contributed by atoms with Crippen LogP contribution in [0.2, 0.25) is 0 Å². The predicted octanol–water partition coefficient (Wildman–Crippen LogP) is 1.57. The van der Waals surface area contributed by atoms with Gasteiger partial charge in [0.15, 0.2) is 5.65 Å². The van der Waals surface area contributed by atoms with Gasteiger partial charge in [-0.25, -0.2) is 19.3 Å². The highest BCUT2D eigenvalue weighted by molar-refractivity contribution is 5.49. The molecule has 0 aliphatic heterocycles. The summed E-state index contributed by atoms with van der Waals surface area (Å²) in [4.78, 5) is 15.8. The van der Waals surface area contributed by atoms with Crippen LogP contribution < -0.4 is 11.0 Å². The Bertz CT molecular complexity index is 605. The van der Waals surface area contributed by atoms with Gasteiger partial charge in [0.25, 0.3) is 0 Å². The van der Waals surface area contributed by atoms with Gasteiger partial charge in [-0.15, -0.1) is 0 Å². The maximum absolute atomic E-state index is 11.4. The number of aryl methyl sites for hydroxylation is 1. The Balaban J connectivity index is 2.18. The fourth-order valence-electron chi connectivity index (χ4n) is 1.75. The predicted molar refractivity (Wildman–Crippen MR) is 70.9 cm³/mol. The van der Waals surface area contributed by atoms with Crippen LogP contribution in [0, 0.1) is 12.3 Å². The summed E-state index contributed by atoms with van der Waals surface area (Å²) in [5.74, 6) is 1.38. The molecule has 0 aliphatic rings. The van der Waals surface area contributed by atoms with E-state index in [-0.39, 0.29) is 11.1 Å². The number of anilines is 1. The molecule has 0 saturated heterocycles. The first-order chi connectivity index (χ1) is 8.37. The Morgan fingerprint density at radius 2 is 2.17 bits per heavy atom. The highest BCUT2D eigenvalue weighted by Crippen LogP contribution is 2.18. The van der Waals surface area contributed by atoms with Gasteiger partial charge in [-0.3, -0.25) is 0 Å². The van der Waals surface area contributed by atoms with Crippen LogP contribution in [0.15, 0.2) is 10.9 Å². The van der Waals surface area contributed by atoms with Crippen molar-refractivity contribution in [3.63, 3.8) is 0 Å². The molecule has 0 unspecified atom stereocenters. The molecule has 2 rings (SSSR count). The number of H-pyrrole nitrogens is 1. The summed E-state index contributed by atoms with van der Waals surface area (Å²) < 4.78 is 1.45. The average Bonchev–Trinajstić information content (AvgIpc) is 2.58. The molecule has 2 aromatic rings. The van der Waals surface area contributed by atoms with Crippen molar-refractivity contribution in [3.8, 4) is 0 Å². The summed E-state index contributed by atoms with van der Waals surface area (Å²) in [5.41, 5.74) is 0.622. The van der Waals surface area contributed by atoms with Gasteiger partial charge in [-0.05, 0) is 18.8 Å². The average molecular weight is 249 g/mol. The quantitative estimate of drug-likeness (QED) is 0.866. The van der Waals surface area contributed by atoms with E-state index in [1.54, 1.807) is 13.0 Å². The summed E-state index contributed by atoms with van der Waals surface area (Å²) in [6, 6.07) is 1.77. The van der Waals surface area contributed by atoms with E-state index in [1.165, 1.54) is 4.40 Å². The molecule has 0 radical (unpaired) electrons. The lowest BCUT2D eigenvalue weighted by molar-refractivity contribution is 0.389. The zero-order chi connectivity index (χ0) is 13.3. The van der Waals surface area contributed by atoms with Crippen molar-refractivity contribution in [3.05, 3.63) is 22.4 Å². The lowest BCUT2D eigenvalue weighted by Gasteiger charge is -2.18. The third kappa shape index (κ3) is 2.69. The van der Waals surface area contributed by atoms with E-state index in [0.29, 0.717) is 11.5 Å². The molecule has 2 heterocycles. The van der Waals surface area contributed by atoms with E-state index >= 15 is 0 Å². The largest absolute Gasteiger partial charge is 0.370 e. The number of aromatic amines is 1. The molecule has 6 nitrogen and oxygen atoms in total. The molecule has 0 aliphatic carbocycles. The minimum atomic E-state index is -0.253. The molecule has 2 aromatic heterocycles. The molecule has 2 N–H and O–H groups in total. The maximum atomic E-state index is 11.4. The Morgan fingerprint density at radius 3 is 2.83 bits per heavy atom. The minimum Gasteiger partial charge on any atom is -0.370 e. The van der Waals surface area contributed by atoms with Crippen molar-refractivity contribution < 1.29 is 0 Å². The van der Waals surface area contributed by atoms with Gasteiger partial charge in [0.05, 0.1) is 0 Å². The lowest BCUT2D eigenvalue weighted by atomic mass is 9.92. The van der Waals surface area contributed by atoms with Crippen molar-refractivity contribution in [1.29, 1.82) is 0 Å². The van der Waals surface area contributed by atoms with E-state index in [2.05, 4.69) is 41.3 Å². The fourth-order valence-corrected chi connectivity index (χ4v) is 1.75. The number of hydrogen-bond donors (Lipinski definition) is 2. The van der Waals surface area contributed by atoms with E-state index in [1.807, 2.05) is 0 Å². The fraction of sp³-hybridized carbons (Fsp3) is 0.583. The third-order valence-corrected chi connectivity index (χ3v) is 2.75. The number of hydrogen-bond acceptors (Lipinski definition) is 4. The number of rotatable bonds is 3. The highest BCUT2D eigenvalue weighted by Gasteiger charge is 2.10. The SMILES string of the molecule is Cc1nc(NCCC(C)(C)C)cc2n[nH]c(=O)n12. The normalized spacial score (nSPS) is 12.0. The second-order valence-electron chi connectivity index (χ2n) is 5.65. The molecule has 0 spiro atoms. The maximum Gasteiger partial charge on any atom is 0.349 e. The second-order valence-corrected chi connectivity index (χ2v) is 5.65. The summed E-state index contributed by atoms with van der Waals surface area (Å²) in [6.07, 6.45) is 1.05. The van der Waals surface area contributed by atoms with Gasteiger partial charge in [0.1, 0.15) is 11.6 Å². The van der Waals surface area contributed by atoms with Crippen LogP contribution >= 0.6 is 0 Å². The molecule has 0 aromatic carbocycles. The Hall–Kier alpha value is -1.85. The molecule has 98 valence electrons. The number of aromatic nitrogens is 4. The van der Waals surface area contributed by atoms with E-state index in [0.717, 1.165) is 18.8 Å². The van der Waals surface area contributed by atoms with Crippen LogP contribution in [0.4, 0.5) is 5.82 Å². The number of nitrogens with one attached hydrogen (secondary N) is 2. The van der Waals surface area contributed by atoms with E-state index in [9.17, 15) is 4.79 Å². The van der Waals surface area contributed by atoms with Gasteiger partial charge in [-0.2, -0.15) is 5.10 Å². The van der Waals surface area contributed by atoms with Gasteiger partial charge >= 0.3 is 5.69 Å². The van der Waals surface area contributed by atoms with Crippen LogP contribution in [-0.2, 0) is 0 Å². The summed E-state index contributed by atoms with van der Waals surface area (Å²) in [6.45, 7) is 9.23. The van der Waals surface area contributed by atoms with Crippen molar-refractivity contribution in [2.24, 2.45) is 5.41 Å². The van der Waals surface area contributed by atoms with Gasteiger partial charge in [0, 0.05) is 12.6 Å². The number of nitrogens with zero attached hydrogens (tertiary/aromatic N) is 3. The van der Waals surface area contributed by atoms with Crippen LogP contribution in [0.5, 0.6) is 0 Å². The zero-order valence-corrected chi connectivity index (χ0v) is 11.2. The molecular formula is C12H19N5O. The highest BCUT2D eigenvalue weighted by atomic mass is 16.1. The molecule has 0 amide bonds. The monoisotopic (exact) mass is 249 g/mol. The molecule has 6 heteroatoms. The van der Waals surface area contributed by atoms with Crippen molar-refractivity contribution in [2.75, 3.05) is 11.9 Å². The smallest absolute Gasteiger partial charge is 0.349 e. The first kappa shape index (κ1) is 12.6. The molecule has 0 atom stereocenters. The standard InChI is InChI=1S/C12H19N5O/c1-8-14-9(13-6-5-12(2,3)4)7-10-15-16-11(18)17(8)10/h7,13H,5-6H2,1-4H3,(H,16,18). The molecule has 0 saturated carbocycles. The summed E-state index contributed by atoms with van der Waals surface area (Å²) in [7, 11) is 0. The van der Waals surface area contributed by atoms with Crippen molar-refractivity contribution >= 4 is 11.5 Å². The minimum absolute atomic E-state index is 0.253. The Labute approximate surface area is 105 Å². The first-order valence-electron chi connectivity index (χ1n) is 6.05. The van der Waals surface area contributed by atoms with Gasteiger partial charge in [-0.1, -0.05) is 20.8 Å². The summed E-state index contributed by atoms with van der Waals surface area (Å²) in [5, 5.41) is 9.62. The Morgan fingerprint density at radius 1 is 1.44 bits per heavy atom. The van der Waals surface area contributed by atoms with E-state index < -0.39 is 0 Å². The van der Waals surface area contributed by atoms with Crippen molar-refractivity contribution in [2.45, 2.75) is 34.1 Å². The van der Waals surface area contributed by atoms with E-state index in [4.69, 9.17) is 0 Å². The topological polar surface area (TPSA) is 75.1 Å². The van der Waals surface area contributed by atoms with Gasteiger partial charge in [0.2, 0.25) is 0 Å². The van der Waals surface area contributed by atoms with Crippen LogP contribution in [0.3, 0.4) is 0 Å². The number of fused-ring (bicyclic) bond motifs is 1. The molecule has 0 bridgehead atoms. The van der Waals surface area contributed by atoms with Gasteiger partial charge < -0.3 is 5.32 Å². The van der Waals surface area contributed by atoms with Crippen LogP contribution in [0.25, 0.3) is 5.65 Å². The summed E-state index contributed by atoms with van der Waals surface area (Å²) >= 11 is 0. The van der Waals surface area contributed by atoms with Crippen molar-refractivity contribution in [1.82, 2.24) is 19.6 Å². The molecular weight excluding hydrogens is 230 g/mol. The zero-order valence-electron chi connectivity index (χ0n) is 11.2. The van der Waals surface area contributed by atoms with Crippen LogP contribution in [-0.4, -0.2) is 26.1 Å². The lowest BCUT2D eigenvalue weighted by Crippen LogP contribution is -2.16. The first-order valence-corrected chi connectivity index (χ1v) is 6.05. The Kier molecular flexibility index (Phi) is 3.11. The second kappa shape index (κ2) is 4.44. The molecule has 18 heavy (non-hydrogen) atoms.